The highest BCUT2D eigenvalue weighted by Gasteiger charge is 2.43. The molecule has 2 aromatic carbocycles. The standard InChI is InChI=1S/C26H35NO4/c1-25(2,3)19-7-5-18(6-8-19)23(29)17-27-13-11-26(12-14-27)16-22(28)21-10-9-20(30-4)15-24(21)31-26/h5-10,15,22-23,28-29H,11-14,16-17H2,1-4H3/t22-,23+/m0/s1. The van der Waals surface area contributed by atoms with Gasteiger partial charge in [0.25, 0.3) is 0 Å². The Morgan fingerprint density at radius 2 is 1.81 bits per heavy atom. The molecule has 5 heteroatoms. The Balaban J connectivity index is 1.37. The Morgan fingerprint density at radius 1 is 1.13 bits per heavy atom. The smallest absolute Gasteiger partial charge is 0.129 e. The lowest BCUT2D eigenvalue weighted by Gasteiger charge is -2.46. The van der Waals surface area contributed by atoms with Crippen LogP contribution in [-0.2, 0) is 5.41 Å². The van der Waals surface area contributed by atoms with Crippen LogP contribution >= 0.6 is 0 Å². The Hall–Kier alpha value is -2.08. The van der Waals surface area contributed by atoms with E-state index in [0.717, 1.165) is 48.6 Å². The molecule has 1 fully saturated rings. The molecule has 0 unspecified atom stereocenters. The molecule has 0 aliphatic carbocycles. The van der Waals surface area contributed by atoms with Gasteiger partial charge >= 0.3 is 0 Å². The molecule has 5 nitrogen and oxygen atoms in total. The molecule has 1 saturated heterocycles. The van der Waals surface area contributed by atoms with Crippen molar-refractivity contribution >= 4 is 0 Å². The van der Waals surface area contributed by atoms with Crippen molar-refractivity contribution in [3.63, 3.8) is 0 Å². The van der Waals surface area contributed by atoms with E-state index in [-0.39, 0.29) is 11.0 Å². The van der Waals surface area contributed by atoms with Crippen molar-refractivity contribution in [2.45, 2.75) is 63.3 Å². The Labute approximate surface area is 185 Å². The third kappa shape index (κ3) is 4.74. The van der Waals surface area contributed by atoms with Crippen molar-refractivity contribution < 1.29 is 19.7 Å². The van der Waals surface area contributed by atoms with Crippen LogP contribution in [-0.4, -0.2) is 47.5 Å². The predicted octanol–water partition coefficient (Wildman–Crippen LogP) is 4.38. The predicted molar refractivity (Wildman–Crippen MR) is 122 cm³/mol. The lowest BCUT2D eigenvalue weighted by atomic mass is 9.81. The first-order valence-corrected chi connectivity index (χ1v) is 11.2. The molecule has 1 spiro atoms. The zero-order valence-corrected chi connectivity index (χ0v) is 19.1. The zero-order chi connectivity index (χ0) is 22.2. The number of rotatable bonds is 4. The summed E-state index contributed by atoms with van der Waals surface area (Å²) in [7, 11) is 1.64. The lowest BCUT2D eigenvalue weighted by Crippen LogP contribution is -2.51. The van der Waals surface area contributed by atoms with Gasteiger partial charge in [-0.1, -0.05) is 45.0 Å². The van der Waals surface area contributed by atoms with Crippen LogP contribution in [0.25, 0.3) is 0 Å². The number of β-amino-alcohol motifs (C(OH)–C–C–N with tert-alkyl or cyclic N) is 1. The highest BCUT2D eigenvalue weighted by atomic mass is 16.5. The third-order valence-electron chi connectivity index (χ3n) is 6.83. The molecule has 31 heavy (non-hydrogen) atoms. The maximum Gasteiger partial charge on any atom is 0.129 e. The second-order valence-corrected chi connectivity index (χ2v) is 10.1. The molecule has 0 aromatic heterocycles. The van der Waals surface area contributed by atoms with E-state index < -0.39 is 12.2 Å². The molecule has 2 heterocycles. The van der Waals surface area contributed by atoms with Gasteiger partial charge in [-0.05, 0) is 41.5 Å². The normalized spacial score (nSPS) is 21.9. The van der Waals surface area contributed by atoms with Crippen molar-refractivity contribution in [3.8, 4) is 11.5 Å². The van der Waals surface area contributed by atoms with Gasteiger partial charge in [0.15, 0.2) is 0 Å². The minimum Gasteiger partial charge on any atom is -0.497 e. The van der Waals surface area contributed by atoms with Gasteiger partial charge in [0, 0.05) is 37.7 Å². The van der Waals surface area contributed by atoms with Crippen molar-refractivity contribution in [3.05, 3.63) is 59.2 Å². The molecule has 2 aromatic rings. The first-order chi connectivity index (χ1) is 14.7. The van der Waals surface area contributed by atoms with Crippen LogP contribution in [0.1, 0.15) is 68.9 Å². The van der Waals surface area contributed by atoms with E-state index in [1.54, 1.807) is 7.11 Å². The van der Waals surface area contributed by atoms with Crippen LogP contribution < -0.4 is 9.47 Å². The number of aliphatic hydroxyl groups excluding tert-OH is 2. The molecule has 2 atom stereocenters. The van der Waals surface area contributed by atoms with E-state index >= 15 is 0 Å². The van der Waals surface area contributed by atoms with Crippen molar-refractivity contribution in [1.82, 2.24) is 4.90 Å². The van der Waals surface area contributed by atoms with E-state index in [1.807, 2.05) is 30.3 Å². The number of fused-ring (bicyclic) bond motifs is 1. The fraction of sp³-hybridized carbons (Fsp3) is 0.538. The van der Waals surface area contributed by atoms with Gasteiger partial charge < -0.3 is 24.6 Å². The molecular weight excluding hydrogens is 390 g/mol. The third-order valence-corrected chi connectivity index (χ3v) is 6.83. The Kier molecular flexibility index (Phi) is 6.03. The summed E-state index contributed by atoms with van der Waals surface area (Å²) < 4.78 is 11.7. The Bertz CT molecular complexity index is 895. The summed E-state index contributed by atoms with van der Waals surface area (Å²) in [6.45, 7) is 8.87. The summed E-state index contributed by atoms with van der Waals surface area (Å²) in [6.07, 6.45) is 1.24. The number of hydrogen-bond acceptors (Lipinski definition) is 5. The van der Waals surface area contributed by atoms with E-state index in [4.69, 9.17) is 9.47 Å². The van der Waals surface area contributed by atoms with Crippen molar-refractivity contribution in [1.29, 1.82) is 0 Å². The molecule has 2 aliphatic rings. The molecular formula is C26H35NO4. The minimum absolute atomic E-state index is 0.109. The quantitative estimate of drug-likeness (QED) is 0.761. The number of likely N-dealkylation sites (tertiary alicyclic amines) is 1. The Morgan fingerprint density at radius 3 is 2.42 bits per heavy atom. The van der Waals surface area contributed by atoms with Crippen LogP contribution in [0.5, 0.6) is 11.5 Å². The molecule has 0 radical (unpaired) electrons. The second kappa shape index (κ2) is 8.45. The van der Waals surface area contributed by atoms with Gasteiger partial charge in [0.1, 0.15) is 17.1 Å². The van der Waals surface area contributed by atoms with Gasteiger partial charge in [0.2, 0.25) is 0 Å². The van der Waals surface area contributed by atoms with Crippen LogP contribution in [0.2, 0.25) is 0 Å². The molecule has 2 N–H and O–H groups in total. The van der Waals surface area contributed by atoms with E-state index in [9.17, 15) is 10.2 Å². The fourth-order valence-electron chi connectivity index (χ4n) is 4.75. The van der Waals surface area contributed by atoms with Crippen molar-refractivity contribution in [2.75, 3.05) is 26.7 Å². The number of hydrogen-bond donors (Lipinski definition) is 2. The summed E-state index contributed by atoms with van der Waals surface area (Å²) in [6, 6.07) is 13.9. The summed E-state index contributed by atoms with van der Waals surface area (Å²) >= 11 is 0. The van der Waals surface area contributed by atoms with Gasteiger partial charge in [-0.25, -0.2) is 0 Å². The number of ether oxygens (including phenoxy) is 2. The van der Waals surface area contributed by atoms with Gasteiger partial charge in [-0.15, -0.1) is 0 Å². The summed E-state index contributed by atoms with van der Waals surface area (Å²) in [5.41, 5.74) is 2.82. The molecule has 0 amide bonds. The average Bonchev–Trinajstić information content (AvgIpc) is 2.74. The molecule has 4 rings (SSSR count). The van der Waals surface area contributed by atoms with Gasteiger partial charge in [0.05, 0.1) is 19.3 Å². The average molecular weight is 426 g/mol. The first kappa shape index (κ1) is 22.1. The number of benzene rings is 2. The first-order valence-electron chi connectivity index (χ1n) is 11.2. The molecule has 2 aliphatic heterocycles. The van der Waals surface area contributed by atoms with Crippen LogP contribution in [0.3, 0.4) is 0 Å². The van der Waals surface area contributed by atoms with Gasteiger partial charge in [-0.2, -0.15) is 0 Å². The highest BCUT2D eigenvalue weighted by Crippen LogP contribution is 2.45. The summed E-state index contributed by atoms with van der Waals surface area (Å²) in [5, 5.41) is 21.5. The van der Waals surface area contributed by atoms with E-state index in [1.165, 1.54) is 5.56 Å². The van der Waals surface area contributed by atoms with E-state index in [2.05, 4.69) is 37.8 Å². The highest BCUT2D eigenvalue weighted by molar-refractivity contribution is 5.44. The maximum atomic E-state index is 10.8. The lowest BCUT2D eigenvalue weighted by molar-refractivity contribution is -0.0588. The van der Waals surface area contributed by atoms with E-state index in [0.29, 0.717) is 13.0 Å². The zero-order valence-electron chi connectivity index (χ0n) is 19.1. The van der Waals surface area contributed by atoms with Crippen molar-refractivity contribution in [2.24, 2.45) is 0 Å². The SMILES string of the molecule is COc1ccc2c(c1)OC1(CCN(C[C@@H](O)c3ccc(C(C)(C)C)cc3)CC1)C[C@@H]2O. The van der Waals surface area contributed by atoms with Gasteiger partial charge in [-0.3, -0.25) is 0 Å². The number of nitrogens with zero attached hydrogens (tertiary/aromatic N) is 1. The van der Waals surface area contributed by atoms with Crippen LogP contribution in [0.4, 0.5) is 0 Å². The van der Waals surface area contributed by atoms with Crippen LogP contribution in [0, 0.1) is 0 Å². The number of piperidine rings is 1. The molecule has 0 bridgehead atoms. The monoisotopic (exact) mass is 425 g/mol. The fourth-order valence-corrected chi connectivity index (χ4v) is 4.75. The second-order valence-electron chi connectivity index (χ2n) is 10.1. The summed E-state index contributed by atoms with van der Waals surface area (Å²) in [5.74, 6) is 1.46. The number of aliphatic hydroxyl groups is 2. The topological polar surface area (TPSA) is 62.2 Å². The number of methoxy groups -OCH3 is 1. The molecule has 0 saturated carbocycles. The largest absolute Gasteiger partial charge is 0.497 e. The molecule has 168 valence electrons. The minimum atomic E-state index is -0.520. The maximum absolute atomic E-state index is 10.8. The van der Waals surface area contributed by atoms with Crippen LogP contribution in [0.15, 0.2) is 42.5 Å². The summed E-state index contributed by atoms with van der Waals surface area (Å²) in [4.78, 5) is 2.30.